The molecule has 0 saturated heterocycles. The Morgan fingerprint density at radius 1 is 1.42 bits per heavy atom. The fourth-order valence-electron chi connectivity index (χ4n) is 1.14. The predicted molar refractivity (Wildman–Crippen MR) is 57.6 cm³/mol. The fraction of sp³-hybridized carbons (Fsp3) is 0.400. The third-order valence-corrected chi connectivity index (χ3v) is 2.96. The van der Waals surface area contributed by atoms with Crippen LogP contribution in [0, 0.1) is 0 Å². The topological polar surface area (TPSA) is 0 Å². The van der Waals surface area contributed by atoms with Crippen LogP contribution in [0.15, 0.2) is 28.7 Å². The SMILES string of the molecule is CCCC(Cl)c1ccccc1Br. The number of rotatable bonds is 3. The second kappa shape index (κ2) is 4.88. The molecular formula is C10H12BrCl. The van der Waals surface area contributed by atoms with E-state index in [0.717, 1.165) is 17.3 Å². The molecule has 0 aliphatic carbocycles. The van der Waals surface area contributed by atoms with E-state index < -0.39 is 0 Å². The Hall–Kier alpha value is -0.0100. The molecule has 0 aromatic heterocycles. The second-order valence-electron chi connectivity index (χ2n) is 2.78. The van der Waals surface area contributed by atoms with Gasteiger partial charge in [0.15, 0.2) is 0 Å². The first-order valence-electron chi connectivity index (χ1n) is 4.14. The average molecular weight is 248 g/mol. The third kappa shape index (κ3) is 2.49. The monoisotopic (exact) mass is 246 g/mol. The highest BCUT2D eigenvalue weighted by Crippen LogP contribution is 2.30. The summed E-state index contributed by atoms with van der Waals surface area (Å²) in [5, 5.41) is 0.144. The van der Waals surface area contributed by atoms with Crippen molar-refractivity contribution >= 4 is 27.5 Å². The lowest BCUT2D eigenvalue weighted by molar-refractivity contribution is 0.768. The summed E-state index contributed by atoms with van der Waals surface area (Å²) in [7, 11) is 0. The summed E-state index contributed by atoms with van der Waals surface area (Å²) in [5.74, 6) is 0. The van der Waals surface area contributed by atoms with E-state index in [1.807, 2.05) is 18.2 Å². The summed E-state index contributed by atoms with van der Waals surface area (Å²) in [6.45, 7) is 2.15. The molecular weight excluding hydrogens is 235 g/mol. The maximum atomic E-state index is 6.18. The van der Waals surface area contributed by atoms with Crippen LogP contribution in [0.2, 0.25) is 0 Å². The highest BCUT2D eigenvalue weighted by atomic mass is 79.9. The zero-order valence-corrected chi connectivity index (χ0v) is 9.40. The molecule has 12 heavy (non-hydrogen) atoms. The van der Waals surface area contributed by atoms with Gasteiger partial charge in [-0.05, 0) is 18.1 Å². The minimum atomic E-state index is 0.144. The van der Waals surface area contributed by atoms with Crippen molar-refractivity contribution in [3.63, 3.8) is 0 Å². The van der Waals surface area contributed by atoms with Crippen molar-refractivity contribution in [3.8, 4) is 0 Å². The molecule has 0 aliphatic rings. The van der Waals surface area contributed by atoms with E-state index in [9.17, 15) is 0 Å². The molecule has 0 N–H and O–H groups in total. The van der Waals surface area contributed by atoms with Crippen molar-refractivity contribution in [1.29, 1.82) is 0 Å². The minimum absolute atomic E-state index is 0.144. The molecule has 0 heterocycles. The van der Waals surface area contributed by atoms with E-state index in [4.69, 9.17) is 11.6 Å². The predicted octanol–water partition coefficient (Wildman–Crippen LogP) is 4.53. The average Bonchev–Trinajstić information content (AvgIpc) is 2.05. The fourth-order valence-corrected chi connectivity index (χ4v) is 2.24. The lowest BCUT2D eigenvalue weighted by Gasteiger charge is -2.09. The molecule has 1 aromatic rings. The highest BCUT2D eigenvalue weighted by Gasteiger charge is 2.08. The summed E-state index contributed by atoms with van der Waals surface area (Å²) in [6.07, 6.45) is 2.15. The maximum absolute atomic E-state index is 6.18. The molecule has 2 heteroatoms. The number of hydrogen-bond acceptors (Lipinski definition) is 0. The maximum Gasteiger partial charge on any atom is 0.0596 e. The number of alkyl halides is 1. The van der Waals surface area contributed by atoms with Crippen LogP contribution in [-0.2, 0) is 0 Å². The molecule has 1 atom stereocenters. The summed E-state index contributed by atoms with van der Waals surface area (Å²) >= 11 is 9.66. The van der Waals surface area contributed by atoms with Crippen LogP contribution >= 0.6 is 27.5 Å². The quantitative estimate of drug-likeness (QED) is 0.689. The van der Waals surface area contributed by atoms with Crippen LogP contribution in [-0.4, -0.2) is 0 Å². The zero-order valence-electron chi connectivity index (χ0n) is 7.06. The van der Waals surface area contributed by atoms with Crippen molar-refractivity contribution in [2.45, 2.75) is 25.1 Å². The molecule has 1 unspecified atom stereocenters. The van der Waals surface area contributed by atoms with Crippen molar-refractivity contribution in [1.82, 2.24) is 0 Å². The lowest BCUT2D eigenvalue weighted by atomic mass is 10.1. The molecule has 0 fully saturated rings. The molecule has 0 radical (unpaired) electrons. The van der Waals surface area contributed by atoms with Gasteiger partial charge in [-0.3, -0.25) is 0 Å². The molecule has 0 bridgehead atoms. The first-order valence-corrected chi connectivity index (χ1v) is 5.37. The summed E-state index contributed by atoms with van der Waals surface area (Å²) in [5.41, 5.74) is 1.20. The Morgan fingerprint density at radius 3 is 2.67 bits per heavy atom. The van der Waals surface area contributed by atoms with E-state index in [-0.39, 0.29) is 5.38 Å². The summed E-state index contributed by atoms with van der Waals surface area (Å²) in [4.78, 5) is 0. The van der Waals surface area contributed by atoms with Gasteiger partial charge in [0.1, 0.15) is 0 Å². The molecule has 1 rings (SSSR count). The molecule has 0 nitrogen and oxygen atoms in total. The normalized spacial score (nSPS) is 12.9. The Bertz CT molecular complexity index is 247. The second-order valence-corrected chi connectivity index (χ2v) is 4.16. The van der Waals surface area contributed by atoms with Crippen LogP contribution in [0.1, 0.15) is 30.7 Å². The van der Waals surface area contributed by atoms with Gasteiger partial charge in [0.2, 0.25) is 0 Å². The van der Waals surface area contributed by atoms with Crippen LogP contribution in [0.3, 0.4) is 0 Å². The van der Waals surface area contributed by atoms with Crippen LogP contribution in [0.5, 0.6) is 0 Å². The molecule has 0 aliphatic heterocycles. The summed E-state index contributed by atoms with van der Waals surface area (Å²) < 4.78 is 1.11. The Labute approximate surface area is 87.1 Å². The van der Waals surface area contributed by atoms with Gasteiger partial charge in [0.05, 0.1) is 5.38 Å². The van der Waals surface area contributed by atoms with Crippen LogP contribution in [0.25, 0.3) is 0 Å². The van der Waals surface area contributed by atoms with Gasteiger partial charge in [-0.25, -0.2) is 0 Å². The molecule has 1 aromatic carbocycles. The number of benzene rings is 1. The highest BCUT2D eigenvalue weighted by molar-refractivity contribution is 9.10. The van der Waals surface area contributed by atoms with Crippen molar-refractivity contribution in [2.24, 2.45) is 0 Å². The van der Waals surface area contributed by atoms with Gasteiger partial charge in [-0.15, -0.1) is 11.6 Å². The zero-order chi connectivity index (χ0) is 8.97. The molecule has 0 spiro atoms. The molecule has 0 amide bonds. The van der Waals surface area contributed by atoms with E-state index in [1.54, 1.807) is 0 Å². The van der Waals surface area contributed by atoms with E-state index >= 15 is 0 Å². The Balaban J connectivity index is 2.79. The van der Waals surface area contributed by atoms with Crippen LogP contribution in [0.4, 0.5) is 0 Å². The third-order valence-electron chi connectivity index (χ3n) is 1.78. The Morgan fingerprint density at radius 2 is 2.08 bits per heavy atom. The standard InChI is InChI=1S/C10H12BrCl/c1-2-5-10(12)8-6-3-4-7-9(8)11/h3-4,6-7,10H,2,5H2,1H3. The van der Waals surface area contributed by atoms with Crippen molar-refractivity contribution < 1.29 is 0 Å². The van der Waals surface area contributed by atoms with Crippen molar-refractivity contribution in [3.05, 3.63) is 34.3 Å². The van der Waals surface area contributed by atoms with Gasteiger partial charge < -0.3 is 0 Å². The first-order chi connectivity index (χ1) is 5.75. The van der Waals surface area contributed by atoms with Crippen molar-refractivity contribution in [2.75, 3.05) is 0 Å². The largest absolute Gasteiger partial charge is 0.118 e. The van der Waals surface area contributed by atoms with E-state index in [0.29, 0.717) is 0 Å². The molecule has 66 valence electrons. The first kappa shape index (κ1) is 10.1. The van der Waals surface area contributed by atoms with Gasteiger partial charge in [-0.2, -0.15) is 0 Å². The Kier molecular flexibility index (Phi) is 4.10. The number of halogens is 2. The van der Waals surface area contributed by atoms with Gasteiger partial charge >= 0.3 is 0 Å². The van der Waals surface area contributed by atoms with Gasteiger partial charge in [0, 0.05) is 4.47 Å². The molecule has 0 saturated carbocycles. The van der Waals surface area contributed by atoms with E-state index in [1.165, 1.54) is 5.56 Å². The summed E-state index contributed by atoms with van der Waals surface area (Å²) in [6, 6.07) is 8.12. The van der Waals surface area contributed by atoms with Gasteiger partial charge in [-0.1, -0.05) is 47.5 Å². The lowest BCUT2D eigenvalue weighted by Crippen LogP contribution is -1.90. The number of hydrogen-bond donors (Lipinski definition) is 0. The van der Waals surface area contributed by atoms with Crippen LogP contribution < -0.4 is 0 Å². The van der Waals surface area contributed by atoms with Gasteiger partial charge in [0.25, 0.3) is 0 Å². The minimum Gasteiger partial charge on any atom is -0.118 e. The smallest absolute Gasteiger partial charge is 0.0596 e. The van der Waals surface area contributed by atoms with E-state index in [2.05, 4.69) is 28.9 Å².